The second-order valence-corrected chi connectivity index (χ2v) is 7.34. The lowest BCUT2D eigenvalue weighted by atomic mass is 10.2. The van der Waals surface area contributed by atoms with Crippen molar-refractivity contribution in [3.8, 4) is 28.7 Å². The lowest BCUT2D eigenvalue weighted by Crippen LogP contribution is -1.98. The number of aromatic nitrogens is 6. The maximum atomic E-state index is 5.98. The first-order valence-corrected chi connectivity index (χ1v) is 9.95. The molecular weight excluding hydrogens is 412 g/mol. The van der Waals surface area contributed by atoms with Crippen LogP contribution in [0.25, 0.3) is 50.9 Å². The Kier molecular flexibility index (Phi) is 4.00. The molecule has 0 spiro atoms. The zero-order valence-electron chi connectivity index (χ0n) is 16.0. The molecular formula is C23H13ClN6O. The fourth-order valence-electron chi connectivity index (χ4n) is 3.41. The minimum atomic E-state index is 0.272. The number of para-hydroxylation sites is 3. The third-order valence-electron chi connectivity index (χ3n) is 4.90. The van der Waals surface area contributed by atoms with Gasteiger partial charge in [-0.1, -0.05) is 41.9 Å². The van der Waals surface area contributed by atoms with E-state index in [-0.39, 0.29) is 5.89 Å². The van der Waals surface area contributed by atoms with Gasteiger partial charge in [0.05, 0.1) is 16.7 Å². The Hall–Kier alpha value is -4.10. The van der Waals surface area contributed by atoms with E-state index in [1.54, 1.807) is 16.8 Å². The summed E-state index contributed by atoms with van der Waals surface area (Å²) in [6.07, 6.45) is 0. The molecule has 0 saturated carbocycles. The van der Waals surface area contributed by atoms with E-state index in [1.165, 1.54) is 0 Å². The third-order valence-corrected chi connectivity index (χ3v) is 5.15. The van der Waals surface area contributed by atoms with Crippen molar-refractivity contribution in [2.75, 3.05) is 0 Å². The van der Waals surface area contributed by atoms with E-state index in [2.05, 4.69) is 10.2 Å². The lowest BCUT2D eigenvalue weighted by molar-refractivity contribution is 0.581. The molecule has 31 heavy (non-hydrogen) atoms. The van der Waals surface area contributed by atoms with Gasteiger partial charge in [-0.05, 0) is 48.5 Å². The van der Waals surface area contributed by atoms with Crippen LogP contribution in [-0.2, 0) is 0 Å². The number of benzene rings is 3. The molecule has 7 nitrogen and oxygen atoms in total. The van der Waals surface area contributed by atoms with Crippen LogP contribution in [0.1, 0.15) is 0 Å². The highest BCUT2D eigenvalue weighted by atomic mass is 35.5. The second-order valence-electron chi connectivity index (χ2n) is 6.90. The smallest absolute Gasteiger partial charge is 0.270 e. The molecule has 0 amide bonds. The highest BCUT2D eigenvalue weighted by molar-refractivity contribution is 6.30. The van der Waals surface area contributed by atoms with Gasteiger partial charge in [0.2, 0.25) is 5.89 Å². The number of hydrogen-bond donors (Lipinski definition) is 0. The first-order valence-electron chi connectivity index (χ1n) is 9.57. The molecule has 0 bridgehead atoms. The summed E-state index contributed by atoms with van der Waals surface area (Å²) in [4.78, 5) is 9.61. The van der Waals surface area contributed by atoms with E-state index in [1.807, 2.05) is 66.7 Å². The predicted molar refractivity (Wildman–Crippen MR) is 118 cm³/mol. The fourth-order valence-corrected chi connectivity index (χ4v) is 3.54. The first-order chi connectivity index (χ1) is 15.3. The normalized spacial score (nSPS) is 11.4. The number of halogens is 1. The van der Waals surface area contributed by atoms with Crippen molar-refractivity contribution in [1.29, 1.82) is 0 Å². The van der Waals surface area contributed by atoms with Gasteiger partial charge in [0, 0.05) is 10.6 Å². The Morgan fingerprint density at radius 3 is 2.16 bits per heavy atom. The van der Waals surface area contributed by atoms with Gasteiger partial charge >= 0.3 is 0 Å². The third kappa shape index (κ3) is 3.03. The molecule has 0 N–H and O–H groups in total. The number of fused-ring (bicyclic) bond motifs is 2. The van der Waals surface area contributed by atoms with Crippen LogP contribution < -0.4 is 0 Å². The minimum Gasteiger partial charge on any atom is -0.414 e. The van der Waals surface area contributed by atoms with Crippen LogP contribution in [-0.4, -0.2) is 29.9 Å². The fraction of sp³-hybridized carbons (Fsp3) is 0. The minimum absolute atomic E-state index is 0.272. The van der Waals surface area contributed by atoms with Gasteiger partial charge in [0.1, 0.15) is 5.52 Å². The molecule has 0 fully saturated rings. The van der Waals surface area contributed by atoms with Crippen LogP contribution >= 0.6 is 11.6 Å². The summed E-state index contributed by atoms with van der Waals surface area (Å²) in [6, 6.07) is 24.7. The van der Waals surface area contributed by atoms with Crippen molar-refractivity contribution in [3.63, 3.8) is 0 Å². The molecule has 6 aromatic rings. The van der Waals surface area contributed by atoms with Crippen LogP contribution in [0.5, 0.6) is 0 Å². The van der Waals surface area contributed by atoms with Gasteiger partial charge < -0.3 is 4.42 Å². The maximum Gasteiger partial charge on any atom is 0.270 e. The average Bonchev–Trinajstić information content (AvgIpc) is 3.44. The molecule has 0 atom stereocenters. The molecule has 0 aliphatic carbocycles. The first kappa shape index (κ1) is 17.7. The Morgan fingerprint density at radius 2 is 1.39 bits per heavy atom. The van der Waals surface area contributed by atoms with Crippen molar-refractivity contribution >= 4 is 33.8 Å². The van der Waals surface area contributed by atoms with Gasteiger partial charge in [-0.25, -0.2) is 14.6 Å². The van der Waals surface area contributed by atoms with Crippen LogP contribution in [0.3, 0.4) is 0 Å². The van der Waals surface area contributed by atoms with Crippen molar-refractivity contribution in [2.24, 2.45) is 0 Å². The largest absolute Gasteiger partial charge is 0.414 e. The summed E-state index contributed by atoms with van der Waals surface area (Å²) in [7, 11) is 0. The Balaban J connectivity index is 1.58. The molecule has 0 saturated heterocycles. The van der Waals surface area contributed by atoms with Crippen molar-refractivity contribution < 1.29 is 4.42 Å². The number of hydrogen-bond acceptors (Lipinski definition) is 6. The molecule has 0 unspecified atom stereocenters. The van der Waals surface area contributed by atoms with Crippen molar-refractivity contribution in [1.82, 2.24) is 29.9 Å². The quantitative estimate of drug-likeness (QED) is 0.381. The molecule has 3 aromatic carbocycles. The number of rotatable bonds is 3. The van der Waals surface area contributed by atoms with Gasteiger partial charge in [-0.3, -0.25) is 0 Å². The Morgan fingerprint density at radius 1 is 0.710 bits per heavy atom. The van der Waals surface area contributed by atoms with Crippen molar-refractivity contribution in [2.45, 2.75) is 0 Å². The highest BCUT2D eigenvalue weighted by Gasteiger charge is 2.22. The summed E-state index contributed by atoms with van der Waals surface area (Å²) in [5, 5.41) is 13.8. The van der Waals surface area contributed by atoms with E-state index < -0.39 is 0 Å². The van der Waals surface area contributed by atoms with Gasteiger partial charge in [-0.2, -0.15) is 5.10 Å². The van der Waals surface area contributed by atoms with Crippen LogP contribution in [0.15, 0.2) is 83.3 Å². The summed E-state index contributed by atoms with van der Waals surface area (Å²) in [5.41, 5.74) is 4.87. The Bertz CT molecular complexity index is 1540. The van der Waals surface area contributed by atoms with Crippen LogP contribution in [0, 0.1) is 0 Å². The average molecular weight is 425 g/mol. The Labute approximate surface area is 181 Å². The topological polar surface area (TPSA) is 82.5 Å². The summed E-state index contributed by atoms with van der Waals surface area (Å²) >= 11 is 5.98. The zero-order valence-corrected chi connectivity index (χ0v) is 16.7. The van der Waals surface area contributed by atoms with Gasteiger partial charge in [0.25, 0.3) is 5.89 Å². The SMILES string of the molecule is Clc1ccc(-c2nnc(-c3nn(-c4ccccc4)c4nc5ccccc5nc34)o2)cc1. The zero-order chi connectivity index (χ0) is 20.8. The standard InChI is InChI=1S/C23H13ClN6O/c24-15-12-10-14(11-13-15)22-27-28-23(31-22)20-19-21(26-18-9-5-4-8-17(18)25-19)30(29-20)16-6-2-1-3-7-16/h1-13H. The van der Waals surface area contributed by atoms with E-state index in [0.29, 0.717) is 27.8 Å². The summed E-state index contributed by atoms with van der Waals surface area (Å²) in [5.74, 6) is 0.650. The van der Waals surface area contributed by atoms with E-state index in [4.69, 9.17) is 31.1 Å². The lowest BCUT2D eigenvalue weighted by Gasteiger charge is -2.02. The molecule has 3 aromatic heterocycles. The number of nitrogens with zero attached hydrogens (tertiary/aromatic N) is 6. The van der Waals surface area contributed by atoms with E-state index in [9.17, 15) is 0 Å². The van der Waals surface area contributed by atoms with Gasteiger partial charge in [0.15, 0.2) is 11.3 Å². The molecule has 3 heterocycles. The molecule has 8 heteroatoms. The molecule has 6 rings (SSSR count). The monoisotopic (exact) mass is 424 g/mol. The summed E-state index contributed by atoms with van der Waals surface area (Å²) < 4.78 is 7.70. The molecule has 0 aliphatic rings. The van der Waals surface area contributed by atoms with Gasteiger partial charge in [-0.15, -0.1) is 10.2 Å². The summed E-state index contributed by atoms with van der Waals surface area (Å²) in [6.45, 7) is 0. The maximum absolute atomic E-state index is 5.98. The second kappa shape index (κ2) is 7.00. The predicted octanol–water partition coefficient (Wildman–Crippen LogP) is 5.34. The van der Waals surface area contributed by atoms with E-state index in [0.717, 1.165) is 22.3 Å². The highest BCUT2D eigenvalue weighted by Crippen LogP contribution is 2.30. The van der Waals surface area contributed by atoms with Crippen LogP contribution in [0.4, 0.5) is 0 Å². The van der Waals surface area contributed by atoms with Crippen molar-refractivity contribution in [3.05, 3.63) is 83.9 Å². The van der Waals surface area contributed by atoms with Crippen LogP contribution in [0.2, 0.25) is 5.02 Å². The molecule has 148 valence electrons. The molecule has 0 aliphatic heterocycles. The van der Waals surface area contributed by atoms with E-state index >= 15 is 0 Å². The molecule has 0 radical (unpaired) electrons.